The highest BCUT2D eigenvalue weighted by Crippen LogP contribution is 2.27. The lowest BCUT2D eigenvalue weighted by molar-refractivity contribution is -0.385. The number of nitrogens with one attached hydrogen (secondary N) is 1. The second kappa shape index (κ2) is 10.8. The molecule has 0 fully saturated rings. The molecule has 35 heavy (non-hydrogen) atoms. The van der Waals surface area contributed by atoms with Crippen LogP contribution in [0.4, 0.5) is 11.4 Å². The minimum Gasteiger partial charge on any atom is -0.490 e. The van der Waals surface area contributed by atoms with Gasteiger partial charge < -0.3 is 4.74 Å². The van der Waals surface area contributed by atoms with E-state index >= 15 is 0 Å². The number of hydrogen-bond donors (Lipinski definition) is 1. The smallest absolute Gasteiger partial charge is 0.311 e. The third-order valence-corrected chi connectivity index (χ3v) is 6.99. The fraction of sp³-hybridized carbons (Fsp3) is 0.167. The number of benzene rings is 3. The molecule has 0 aliphatic heterocycles. The zero-order valence-electron chi connectivity index (χ0n) is 19.3. The van der Waals surface area contributed by atoms with Gasteiger partial charge in [-0.25, -0.2) is 13.8 Å². The monoisotopic (exact) mass is 496 g/mol. The molecule has 1 N–H and O–H groups in total. The molecule has 0 aliphatic carbocycles. The molecule has 3 rings (SSSR count). The van der Waals surface area contributed by atoms with Crippen LogP contribution in [-0.4, -0.2) is 39.1 Å². The van der Waals surface area contributed by atoms with Crippen molar-refractivity contribution in [2.45, 2.75) is 18.7 Å². The van der Waals surface area contributed by atoms with Gasteiger partial charge in [-0.1, -0.05) is 24.3 Å². The van der Waals surface area contributed by atoms with E-state index < -0.39 is 27.4 Å². The number of nitro groups is 1. The summed E-state index contributed by atoms with van der Waals surface area (Å²) in [5, 5.41) is 15.0. The molecule has 0 radical (unpaired) electrons. The fourth-order valence-electron chi connectivity index (χ4n) is 3.19. The summed E-state index contributed by atoms with van der Waals surface area (Å²) in [6.07, 6.45) is 1.22. The normalized spacial score (nSPS) is 11.3. The maximum absolute atomic E-state index is 13.4. The number of carbonyl (C=O) groups excluding carboxylic acids is 1. The molecular formula is C24H24N4O6S. The Morgan fingerprint density at radius 3 is 2.43 bits per heavy atom. The Morgan fingerprint density at radius 1 is 1.09 bits per heavy atom. The lowest BCUT2D eigenvalue weighted by atomic mass is 10.1. The molecule has 0 atom stereocenters. The van der Waals surface area contributed by atoms with Gasteiger partial charge in [0.1, 0.15) is 6.54 Å². The first-order valence-corrected chi connectivity index (χ1v) is 11.9. The lowest BCUT2D eigenvalue weighted by Gasteiger charge is -2.24. The molecule has 0 heterocycles. The van der Waals surface area contributed by atoms with Gasteiger partial charge in [0.05, 0.1) is 28.8 Å². The van der Waals surface area contributed by atoms with Crippen molar-refractivity contribution in [3.8, 4) is 5.75 Å². The predicted molar refractivity (Wildman–Crippen MR) is 132 cm³/mol. The van der Waals surface area contributed by atoms with E-state index in [1.807, 2.05) is 13.8 Å². The first-order chi connectivity index (χ1) is 16.6. The number of carbonyl (C=O) groups is 1. The third kappa shape index (κ3) is 6.01. The van der Waals surface area contributed by atoms with E-state index in [0.29, 0.717) is 11.3 Å². The third-order valence-electron chi connectivity index (χ3n) is 5.20. The average molecular weight is 497 g/mol. The van der Waals surface area contributed by atoms with Crippen LogP contribution >= 0.6 is 0 Å². The minimum absolute atomic E-state index is 0.0417. The highest BCUT2D eigenvalue weighted by Gasteiger charge is 2.27. The molecule has 0 spiro atoms. The number of sulfonamides is 1. The first-order valence-electron chi connectivity index (χ1n) is 10.4. The first kappa shape index (κ1) is 25.4. The van der Waals surface area contributed by atoms with Gasteiger partial charge >= 0.3 is 5.69 Å². The van der Waals surface area contributed by atoms with Gasteiger partial charge in [-0.2, -0.15) is 5.10 Å². The largest absolute Gasteiger partial charge is 0.490 e. The summed E-state index contributed by atoms with van der Waals surface area (Å²) in [5.74, 6) is -0.603. The number of nitro benzene ring substituents is 1. The maximum Gasteiger partial charge on any atom is 0.311 e. The van der Waals surface area contributed by atoms with E-state index in [1.54, 1.807) is 36.4 Å². The van der Waals surface area contributed by atoms with E-state index in [9.17, 15) is 23.3 Å². The van der Waals surface area contributed by atoms with Crippen molar-refractivity contribution in [1.29, 1.82) is 0 Å². The molecule has 10 nitrogen and oxygen atoms in total. The Bertz CT molecular complexity index is 1370. The van der Waals surface area contributed by atoms with Crippen molar-refractivity contribution in [3.63, 3.8) is 0 Å². The quantitative estimate of drug-likeness (QED) is 0.274. The highest BCUT2D eigenvalue weighted by molar-refractivity contribution is 7.92. The number of ether oxygens (including phenoxy) is 1. The Kier molecular flexibility index (Phi) is 7.82. The molecule has 182 valence electrons. The topological polar surface area (TPSA) is 131 Å². The van der Waals surface area contributed by atoms with Gasteiger partial charge in [0.2, 0.25) is 0 Å². The van der Waals surface area contributed by atoms with Crippen LogP contribution in [0.15, 0.2) is 76.7 Å². The van der Waals surface area contributed by atoms with Crippen molar-refractivity contribution < 1.29 is 22.9 Å². The fourth-order valence-corrected chi connectivity index (χ4v) is 4.62. The molecule has 1 amide bonds. The number of anilines is 1. The number of aryl methyl sites for hydroxylation is 2. The zero-order valence-corrected chi connectivity index (χ0v) is 20.2. The molecule has 3 aromatic carbocycles. The number of nitrogens with zero attached hydrogens (tertiary/aromatic N) is 3. The summed E-state index contributed by atoms with van der Waals surface area (Å²) in [6.45, 7) is 3.23. The standard InChI is InChI=1S/C24H24N4O6S/c1-17-9-11-20(13-18(17)2)27(35(32,33)21-7-5-4-6-8-21)16-24(29)26-25-15-19-10-12-23(34-3)22(14-19)28(30)31/h4-15H,16H2,1-3H3,(H,26,29)/b25-15-. The molecule has 0 saturated carbocycles. The number of hydrogen-bond acceptors (Lipinski definition) is 7. The van der Waals surface area contributed by atoms with Crippen LogP contribution in [0.3, 0.4) is 0 Å². The van der Waals surface area contributed by atoms with E-state index in [4.69, 9.17) is 4.74 Å². The van der Waals surface area contributed by atoms with Crippen molar-refractivity contribution in [2.24, 2.45) is 5.10 Å². The van der Waals surface area contributed by atoms with Gasteiger partial charge in [-0.3, -0.25) is 19.2 Å². The van der Waals surface area contributed by atoms with Gasteiger partial charge in [0.15, 0.2) is 5.75 Å². The summed E-state index contributed by atoms with van der Waals surface area (Å²) in [7, 11) is -2.73. The van der Waals surface area contributed by atoms with E-state index in [2.05, 4.69) is 10.5 Å². The van der Waals surface area contributed by atoms with Crippen LogP contribution in [0, 0.1) is 24.0 Å². The summed E-state index contributed by atoms with van der Waals surface area (Å²) in [5.41, 5.74) is 4.56. The predicted octanol–water partition coefficient (Wildman–Crippen LogP) is 3.57. The van der Waals surface area contributed by atoms with E-state index in [-0.39, 0.29) is 16.3 Å². The summed E-state index contributed by atoms with van der Waals surface area (Å²) < 4.78 is 32.7. The van der Waals surface area contributed by atoms with Crippen molar-refractivity contribution >= 4 is 33.5 Å². The van der Waals surface area contributed by atoms with Crippen molar-refractivity contribution in [3.05, 3.63) is 93.5 Å². The Morgan fingerprint density at radius 2 is 1.80 bits per heavy atom. The second-order valence-electron chi connectivity index (χ2n) is 7.57. The van der Waals surface area contributed by atoms with Crippen LogP contribution < -0.4 is 14.5 Å². The summed E-state index contributed by atoms with van der Waals surface area (Å²) in [6, 6.07) is 17.1. The zero-order chi connectivity index (χ0) is 25.6. The molecule has 3 aromatic rings. The molecule has 0 saturated heterocycles. The second-order valence-corrected chi connectivity index (χ2v) is 9.44. The Balaban J connectivity index is 1.84. The van der Waals surface area contributed by atoms with Crippen LogP contribution in [0.5, 0.6) is 5.75 Å². The van der Waals surface area contributed by atoms with Crippen molar-refractivity contribution in [2.75, 3.05) is 18.0 Å². The minimum atomic E-state index is -4.05. The SMILES string of the molecule is COc1ccc(/C=N\NC(=O)CN(c2ccc(C)c(C)c2)S(=O)(=O)c2ccccc2)cc1[N+](=O)[O-]. The van der Waals surface area contributed by atoms with Gasteiger partial charge in [0.25, 0.3) is 15.9 Å². The molecular weight excluding hydrogens is 472 g/mol. The molecule has 0 aromatic heterocycles. The molecule has 0 unspecified atom stereocenters. The molecule has 11 heteroatoms. The number of methoxy groups -OCH3 is 1. The van der Waals surface area contributed by atoms with E-state index in [0.717, 1.165) is 15.4 Å². The van der Waals surface area contributed by atoms with Gasteiger partial charge in [-0.05, 0) is 61.4 Å². The van der Waals surface area contributed by atoms with Crippen LogP contribution in [0.1, 0.15) is 16.7 Å². The molecule has 0 bridgehead atoms. The number of amides is 1. The van der Waals surface area contributed by atoms with Gasteiger partial charge in [-0.15, -0.1) is 0 Å². The highest BCUT2D eigenvalue weighted by atomic mass is 32.2. The van der Waals surface area contributed by atoms with Crippen LogP contribution in [0.2, 0.25) is 0 Å². The summed E-state index contributed by atoms with van der Waals surface area (Å²) in [4.78, 5) is 23.3. The van der Waals surface area contributed by atoms with E-state index in [1.165, 1.54) is 43.7 Å². The summed E-state index contributed by atoms with van der Waals surface area (Å²) >= 11 is 0. The van der Waals surface area contributed by atoms with Gasteiger partial charge in [0, 0.05) is 11.6 Å². The van der Waals surface area contributed by atoms with Crippen LogP contribution in [-0.2, 0) is 14.8 Å². The number of hydrazone groups is 1. The lowest BCUT2D eigenvalue weighted by Crippen LogP contribution is -2.39. The number of rotatable bonds is 9. The Labute approximate surface area is 203 Å². The maximum atomic E-state index is 13.4. The molecule has 0 aliphatic rings. The Hall–Kier alpha value is -4.25. The van der Waals surface area contributed by atoms with Crippen molar-refractivity contribution in [1.82, 2.24) is 5.43 Å². The van der Waals surface area contributed by atoms with Crippen LogP contribution in [0.25, 0.3) is 0 Å². The average Bonchev–Trinajstić information content (AvgIpc) is 2.84.